The van der Waals surface area contributed by atoms with Crippen molar-refractivity contribution in [2.75, 3.05) is 23.9 Å². The highest BCUT2D eigenvalue weighted by atomic mass is 32.1. The zero-order chi connectivity index (χ0) is 14.0. The van der Waals surface area contributed by atoms with Gasteiger partial charge in [-0.3, -0.25) is 5.43 Å². The van der Waals surface area contributed by atoms with Gasteiger partial charge >= 0.3 is 0 Å². The Bertz CT molecular complexity index is 568. The predicted octanol–water partition coefficient (Wildman–Crippen LogP) is 1.49. The van der Waals surface area contributed by atoms with Crippen molar-refractivity contribution in [1.82, 2.24) is 9.97 Å². The summed E-state index contributed by atoms with van der Waals surface area (Å²) in [6.07, 6.45) is 0.368. The summed E-state index contributed by atoms with van der Waals surface area (Å²) in [6, 6.07) is 2.08. The number of fused-ring (bicyclic) bond motifs is 1. The molecule has 2 aromatic heterocycles. The summed E-state index contributed by atoms with van der Waals surface area (Å²) in [5, 5.41) is 10.4. The number of aryl methyl sites for hydroxylation is 1. The number of nitrogens with zero attached hydrogens (tertiary/aromatic N) is 3. The minimum absolute atomic E-state index is 0.323. The lowest BCUT2D eigenvalue weighted by atomic mass is 10.2. The lowest BCUT2D eigenvalue weighted by molar-refractivity contribution is 0.187. The maximum atomic E-state index is 9.38. The van der Waals surface area contributed by atoms with Crippen LogP contribution in [0, 0.1) is 6.92 Å². The largest absolute Gasteiger partial charge is 0.393 e. The molecule has 0 aliphatic carbocycles. The first-order valence-corrected chi connectivity index (χ1v) is 6.97. The molecule has 0 radical (unpaired) electrons. The van der Waals surface area contributed by atoms with Crippen molar-refractivity contribution in [2.45, 2.75) is 26.4 Å². The van der Waals surface area contributed by atoms with Crippen LogP contribution >= 0.6 is 11.3 Å². The molecule has 2 aromatic rings. The summed E-state index contributed by atoms with van der Waals surface area (Å²) in [4.78, 5) is 12.9. The van der Waals surface area contributed by atoms with E-state index in [1.54, 1.807) is 18.3 Å². The van der Waals surface area contributed by atoms with Gasteiger partial charge in [-0.2, -0.15) is 4.98 Å². The fraction of sp³-hybridized carbons (Fsp3) is 0.500. The normalized spacial score (nSPS) is 12.7. The number of nitrogen functional groups attached to an aromatic ring is 1. The van der Waals surface area contributed by atoms with Crippen molar-refractivity contribution >= 4 is 33.3 Å². The van der Waals surface area contributed by atoms with E-state index in [9.17, 15) is 5.11 Å². The van der Waals surface area contributed by atoms with Crippen LogP contribution in [0.15, 0.2) is 6.07 Å². The maximum Gasteiger partial charge on any atom is 0.240 e. The van der Waals surface area contributed by atoms with Gasteiger partial charge in [-0.05, 0) is 26.3 Å². The number of hydrogen-bond acceptors (Lipinski definition) is 7. The molecule has 7 heteroatoms. The zero-order valence-corrected chi connectivity index (χ0v) is 12.2. The van der Waals surface area contributed by atoms with E-state index in [-0.39, 0.29) is 6.10 Å². The number of aliphatic hydroxyl groups is 1. The van der Waals surface area contributed by atoms with E-state index in [0.29, 0.717) is 12.4 Å². The topological polar surface area (TPSA) is 87.3 Å². The molecular weight excluding hydrogens is 262 g/mol. The first kappa shape index (κ1) is 14.0. The molecule has 4 N–H and O–H groups in total. The third-order valence-corrected chi connectivity index (χ3v) is 3.81. The van der Waals surface area contributed by atoms with Crippen molar-refractivity contribution in [1.29, 1.82) is 0 Å². The number of aromatic nitrogens is 2. The lowest BCUT2D eigenvalue weighted by Gasteiger charge is -2.20. The number of rotatable bonds is 5. The first-order chi connectivity index (χ1) is 9.01. The number of thiophene rings is 1. The monoisotopic (exact) mass is 281 g/mol. The molecule has 0 bridgehead atoms. The minimum Gasteiger partial charge on any atom is -0.393 e. The Morgan fingerprint density at radius 3 is 2.89 bits per heavy atom. The second-order valence-electron chi connectivity index (χ2n) is 4.65. The minimum atomic E-state index is -0.323. The van der Waals surface area contributed by atoms with Crippen molar-refractivity contribution in [3.8, 4) is 0 Å². The number of anilines is 2. The highest BCUT2D eigenvalue weighted by molar-refractivity contribution is 7.18. The summed E-state index contributed by atoms with van der Waals surface area (Å²) in [7, 11) is 1.96. The second-order valence-corrected chi connectivity index (χ2v) is 5.89. The van der Waals surface area contributed by atoms with E-state index >= 15 is 0 Å². The molecule has 19 heavy (non-hydrogen) atoms. The Morgan fingerprint density at radius 1 is 1.53 bits per heavy atom. The smallest absolute Gasteiger partial charge is 0.240 e. The molecule has 0 fully saturated rings. The Hall–Kier alpha value is -1.44. The first-order valence-electron chi connectivity index (χ1n) is 6.15. The van der Waals surface area contributed by atoms with Gasteiger partial charge in [-0.15, -0.1) is 11.3 Å². The third-order valence-electron chi connectivity index (χ3n) is 2.87. The quantitative estimate of drug-likeness (QED) is 0.568. The highest BCUT2D eigenvalue weighted by Gasteiger charge is 2.14. The van der Waals surface area contributed by atoms with Gasteiger partial charge in [0.1, 0.15) is 10.6 Å². The van der Waals surface area contributed by atoms with Crippen LogP contribution in [-0.4, -0.2) is 34.8 Å². The molecule has 0 aliphatic rings. The van der Waals surface area contributed by atoms with E-state index < -0.39 is 0 Å². The van der Waals surface area contributed by atoms with E-state index in [2.05, 4.69) is 21.5 Å². The number of nitrogens with two attached hydrogens (primary N) is 1. The van der Waals surface area contributed by atoms with E-state index in [4.69, 9.17) is 5.84 Å². The van der Waals surface area contributed by atoms with E-state index in [0.717, 1.165) is 22.6 Å². The molecule has 0 aliphatic heterocycles. The van der Waals surface area contributed by atoms with Crippen LogP contribution in [0.2, 0.25) is 0 Å². The molecule has 0 amide bonds. The fourth-order valence-electron chi connectivity index (χ4n) is 1.87. The molecule has 104 valence electrons. The van der Waals surface area contributed by atoms with E-state index in [1.165, 1.54) is 4.88 Å². The molecule has 0 saturated heterocycles. The van der Waals surface area contributed by atoms with Gasteiger partial charge in [0.15, 0.2) is 0 Å². The summed E-state index contributed by atoms with van der Waals surface area (Å²) >= 11 is 1.61. The molecular formula is C12H19N5OS. The summed E-state index contributed by atoms with van der Waals surface area (Å²) in [6.45, 7) is 4.55. The second kappa shape index (κ2) is 5.68. The predicted molar refractivity (Wildman–Crippen MR) is 79.5 cm³/mol. The molecule has 6 nitrogen and oxygen atoms in total. The lowest BCUT2D eigenvalue weighted by Crippen LogP contribution is -2.24. The van der Waals surface area contributed by atoms with Crippen LogP contribution < -0.4 is 16.2 Å². The van der Waals surface area contributed by atoms with Gasteiger partial charge in [0.25, 0.3) is 0 Å². The number of hydrogen-bond donors (Lipinski definition) is 3. The van der Waals surface area contributed by atoms with Gasteiger partial charge in [0, 0.05) is 18.5 Å². The summed E-state index contributed by atoms with van der Waals surface area (Å²) in [5.41, 5.74) is 2.50. The van der Waals surface area contributed by atoms with Crippen LogP contribution in [0.3, 0.4) is 0 Å². The summed E-state index contributed by atoms with van der Waals surface area (Å²) < 4.78 is 0. The Labute approximate surface area is 116 Å². The molecule has 0 saturated carbocycles. The van der Waals surface area contributed by atoms with Crippen LogP contribution in [0.4, 0.5) is 11.8 Å². The van der Waals surface area contributed by atoms with Crippen molar-refractivity contribution in [2.24, 2.45) is 5.84 Å². The fourth-order valence-corrected chi connectivity index (χ4v) is 2.74. The van der Waals surface area contributed by atoms with E-state index in [1.807, 2.05) is 18.9 Å². The van der Waals surface area contributed by atoms with Crippen molar-refractivity contribution in [3.05, 3.63) is 10.9 Å². The average Bonchev–Trinajstić information content (AvgIpc) is 2.74. The molecule has 0 aromatic carbocycles. The van der Waals surface area contributed by atoms with Gasteiger partial charge in [-0.1, -0.05) is 0 Å². The van der Waals surface area contributed by atoms with Gasteiger partial charge in [0.2, 0.25) is 5.95 Å². The van der Waals surface area contributed by atoms with Crippen LogP contribution in [0.5, 0.6) is 0 Å². The highest BCUT2D eigenvalue weighted by Crippen LogP contribution is 2.31. The number of nitrogens with one attached hydrogen (secondary N) is 1. The molecule has 1 unspecified atom stereocenters. The summed E-state index contributed by atoms with van der Waals surface area (Å²) in [5.74, 6) is 6.66. The van der Waals surface area contributed by atoms with Crippen molar-refractivity contribution in [3.63, 3.8) is 0 Å². The molecule has 1 atom stereocenters. The van der Waals surface area contributed by atoms with Gasteiger partial charge in [0.05, 0.1) is 11.5 Å². The molecule has 2 heterocycles. The Morgan fingerprint density at radius 2 is 2.26 bits per heavy atom. The number of hydrazine groups is 1. The Balaban J connectivity index is 2.39. The molecule has 2 rings (SSSR count). The average molecular weight is 281 g/mol. The van der Waals surface area contributed by atoms with Crippen molar-refractivity contribution < 1.29 is 5.11 Å². The maximum absolute atomic E-state index is 9.38. The van der Waals surface area contributed by atoms with Crippen LogP contribution in [0.25, 0.3) is 10.2 Å². The standard InChI is InChI=1S/C12H19N5OS/c1-7(18)4-5-17(3)10-9-6-8(2)19-11(9)15-12(14-10)16-13/h6-7,18H,4-5,13H2,1-3H3,(H,14,15,16). The van der Waals surface area contributed by atoms with Crippen LogP contribution in [0.1, 0.15) is 18.2 Å². The van der Waals surface area contributed by atoms with Gasteiger partial charge < -0.3 is 10.0 Å². The Kier molecular flexibility index (Phi) is 4.18. The van der Waals surface area contributed by atoms with Crippen LogP contribution in [-0.2, 0) is 0 Å². The third kappa shape index (κ3) is 3.12. The SMILES string of the molecule is Cc1cc2c(N(C)CCC(C)O)nc(NN)nc2s1. The molecule has 0 spiro atoms. The number of aliphatic hydroxyl groups excluding tert-OH is 1. The van der Waals surface area contributed by atoms with Gasteiger partial charge in [-0.25, -0.2) is 10.8 Å². The zero-order valence-electron chi connectivity index (χ0n) is 11.3.